The molecule has 0 amide bonds. The number of hydrogen-bond donors (Lipinski definition) is 2. The fraction of sp³-hybridized carbons (Fsp3) is 0.455. The number of rotatable bonds is 3. The summed E-state index contributed by atoms with van der Waals surface area (Å²) in [7, 11) is 0. The van der Waals surface area contributed by atoms with Crippen LogP contribution in [-0.2, 0) is 4.74 Å². The molecule has 1 saturated heterocycles. The Morgan fingerprint density at radius 2 is 2.00 bits per heavy atom. The molecule has 7 heteroatoms. The van der Waals surface area contributed by atoms with Gasteiger partial charge in [-0.15, -0.1) is 0 Å². The van der Waals surface area contributed by atoms with Gasteiger partial charge in [0.15, 0.2) is 0 Å². The number of anilines is 1. The van der Waals surface area contributed by atoms with Crippen LogP contribution < -0.4 is 15.8 Å². The van der Waals surface area contributed by atoms with Gasteiger partial charge in [0.1, 0.15) is 18.5 Å². The third-order valence-electron chi connectivity index (χ3n) is 2.47. The molecule has 1 aliphatic heterocycles. The average molecular weight is 262 g/mol. The van der Waals surface area contributed by atoms with Gasteiger partial charge in [0.25, 0.3) is 0 Å². The smallest absolute Gasteiger partial charge is 0.428 e. The molecule has 0 bridgehead atoms. The van der Waals surface area contributed by atoms with Gasteiger partial charge < -0.3 is 15.2 Å². The zero-order chi connectivity index (χ0) is 13.2. The number of benzene rings is 1. The summed E-state index contributed by atoms with van der Waals surface area (Å²) in [5, 5.41) is 2.24. The van der Waals surface area contributed by atoms with E-state index in [1.165, 1.54) is 0 Å². The molecule has 1 aromatic rings. The molecule has 2 unspecified atom stereocenters. The van der Waals surface area contributed by atoms with E-state index in [1.807, 2.05) is 0 Å². The Labute approximate surface area is 102 Å². The molecule has 0 radical (unpaired) electrons. The fourth-order valence-corrected chi connectivity index (χ4v) is 1.57. The molecule has 0 spiro atoms. The first kappa shape index (κ1) is 13.0. The van der Waals surface area contributed by atoms with Crippen molar-refractivity contribution in [1.29, 1.82) is 0 Å². The summed E-state index contributed by atoms with van der Waals surface area (Å²) in [6.45, 7) is 0.169. The zero-order valence-electron chi connectivity index (χ0n) is 9.41. The van der Waals surface area contributed by atoms with E-state index in [2.05, 4.69) is 5.32 Å². The molecule has 3 N–H and O–H groups in total. The first-order valence-electron chi connectivity index (χ1n) is 5.39. The number of hydrogen-bond acceptors (Lipinski definition) is 4. The standard InChI is InChI=1S/C11H13F3N2O2/c12-11(13,14)10-16-5-9(18-10)6-17-8-3-1-7(15)2-4-8/h1-4,9-10,16H,5-6,15H2. The van der Waals surface area contributed by atoms with E-state index >= 15 is 0 Å². The normalized spacial score (nSPS) is 24.2. The number of alkyl halides is 3. The largest absolute Gasteiger partial charge is 0.491 e. The SMILES string of the molecule is Nc1ccc(OCC2CNC(C(F)(F)F)O2)cc1. The maximum atomic E-state index is 12.3. The fourth-order valence-electron chi connectivity index (χ4n) is 1.57. The van der Waals surface area contributed by atoms with Crippen molar-refractivity contribution in [2.75, 3.05) is 18.9 Å². The van der Waals surface area contributed by atoms with Crippen molar-refractivity contribution in [2.45, 2.75) is 18.5 Å². The Kier molecular flexibility index (Phi) is 3.63. The molecule has 4 nitrogen and oxygen atoms in total. The van der Waals surface area contributed by atoms with E-state index in [4.69, 9.17) is 15.2 Å². The highest BCUT2D eigenvalue weighted by molar-refractivity contribution is 5.41. The van der Waals surface area contributed by atoms with Crippen LogP contribution in [0.4, 0.5) is 18.9 Å². The van der Waals surface area contributed by atoms with Crippen LogP contribution in [0.3, 0.4) is 0 Å². The average Bonchev–Trinajstić information content (AvgIpc) is 2.77. The van der Waals surface area contributed by atoms with E-state index in [1.54, 1.807) is 24.3 Å². The maximum Gasteiger partial charge on any atom is 0.428 e. The van der Waals surface area contributed by atoms with Crippen LogP contribution in [0.1, 0.15) is 0 Å². The van der Waals surface area contributed by atoms with E-state index in [0.717, 1.165) is 0 Å². The highest BCUT2D eigenvalue weighted by Crippen LogP contribution is 2.25. The summed E-state index contributed by atoms with van der Waals surface area (Å²) in [5.74, 6) is 0.545. The van der Waals surface area contributed by atoms with Crippen molar-refractivity contribution in [1.82, 2.24) is 5.32 Å². The molecule has 0 aliphatic carbocycles. The Bertz CT molecular complexity index is 394. The summed E-state index contributed by atoms with van der Waals surface area (Å²) >= 11 is 0. The molecule has 1 aromatic carbocycles. The number of nitrogen functional groups attached to an aromatic ring is 1. The minimum absolute atomic E-state index is 0.0590. The van der Waals surface area contributed by atoms with Crippen molar-refractivity contribution in [3.05, 3.63) is 24.3 Å². The van der Waals surface area contributed by atoms with Gasteiger partial charge >= 0.3 is 6.18 Å². The quantitative estimate of drug-likeness (QED) is 0.811. The van der Waals surface area contributed by atoms with Crippen LogP contribution >= 0.6 is 0 Å². The molecule has 1 aliphatic rings. The molecule has 0 aromatic heterocycles. The molecule has 2 rings (SSSR count). The van der Waals surface area contributed by atoms with Gasteiger partial charge in [0.2, 0.25) is 6.23 Å². The maximum absolute atomic E-state index is 12.3. The van der Waals surface area contributed by atoms with E-state index in [0.29, 0.717) is 11.4 Å². The zero-order valence-corrected chi connectivity index (χ0v) is 9.41. The van der Waals surface area contributed by atoms with Gasteiger partial charge in [-0.2, -0.15) is 13.2 Å². The van der Waals surface area contributed by atoms with Crippen LogP contribution in [-0.4, -0.2) is 31.7 Å². The summed E-state index contributed by atoms with van der Waals surface area (Å²) in [5.41, 5.74) is 6.09. The van der Waals surface area contributed by atoms with E-state index < -0.39 is 18.5 Å². The van der Waals surface area contributed by atoms with Crippen LogP contribution in [0.15, 0.2) is 24.3 Å². The third kappa shape index (κ3) is 3.27. The highest BCUT2D eigenvalue weighted by Gasteiger charge is 2.45. The van der Waals surface area contributed by atoms with E-state index in [-0.39, 0.29) is 13.2 Å². The minimum atomic E-state index is -4.39. The Balaban J connectivity index is 1.80. The number of nitrogens with one attached hydrogen (secondary N) is 1. The lowest BCUT2D eigenvalue weighted by atomic mass is 10.3. The second-order valence-corrected chi connectivity index (χ2v) is 3.97. The Hall–Kier alpha value is -1.47. The van der Waals surface area contributed by atoms with Crippen molar-refractivity contribution < 1.29 is 22.6 Å². The molecule has 100 valence electrons. The van der Waals surface area contributed by atoms with Crippen LogP contribution in [0.5, 0.6) is 5.75 Å². The molecule has 1 heterocycles. The van der Waals surface area contributed by atoms with Crippen molar-refractivity contribution in [2.24, 2.45) is 0 Å². The molecule has 2 atom stereocenters. The predicted octanol–water partition coefficient (Wildman–Crippen LogP) is 1.52. The number of halogens is 3. The lowest BCUT2D eigenvalue weighted by molar-refractivity contribution is -0.221. The topological polar surface area (TPSA) is 56.5 Å². The van der Waals surface area contributed by atoms with Gasteiger partial charge in [-0.1, -0.05) is 0 Å². The lowest BCUT2D eigenvalue weighted by Gasteiger charge is -2.15. The van der Waals surface area contributed by atoms with Gasteiger partial charge in [0.05, 0.1) is 0 Å². The minimum Gasteiger partial charge on any atom is -0.491 e. The second-order valence-electron chi connectivity index (χ2n) is 3.97. The van der Waals surface area contributed by atoms with Gasteiger partial charge in [-0.25, -0.2) is 0 Å². The van der Waals surface area contributed by atoms with Crippen LogP contribution in [0.25, 0.3) is 0 Å². The monoisotopic (exact) mass is 262 g/mol. The molecule has 18 heavy (non-hydrogen) atoms. The summed E-state index contributed by atoms with van der Waals surface area (Å²) in [6.07, 6.45) is -6.91. The van der Waals surface area contributed by atoms with Crippen molar-refractivity contribution >= 4 is 5.69 Å². The van der Waals surface area contributed by atoms with E-state index in [9.17, 15) is 13.2 Å². The second kappa shape index (κ2) is 5.03. The highest BCUT2D eigenvalue weighted by atomic mass is 19.4. The lowest BCUT2D eigenvalue weighted by Crippen LogP contribution is -2.38. The van der Waals surface area contributed by atoms with Gasteiger partial charge in [-0.05, 0) is 24.3 Å². The van der Waals surface area contributed by atoms with Crippen LogP contribution in [0, 0.1) is 0 Å². The molecule has 0 saturated carbocycles. The predicted molar refractivity (Wildman–Crippen MR) is 59.1 cm³/mol. The summed E-state index contributed by atoms with van der Waals surface area (Å²) in [6, 6.07) is 6.61. The Morgan fingerprint density at radius 3 is 2.56 bits per heavy atom. The number of nitrogens with two attached hydrogens (primary N) is 1. The summed E-state index contributed by atoms with van der Waals surface area (Å²) < 4.78 is 47.0. The van der Waals surface area contributed by atoms with Crippen LogP contribution in [0.2, 0.25) is 0 Å². The molecule has 1 fully saturated rings. The van der Waals surface area contributed by atoms with Crippen molar-refractivity contribution in [3.63, 3.8) is 0 Å². The first-order chi connectivity index (χ1) is 8.45. The first-order valence-corrected chi connectivity index (χ1v) is 5.39. The van der Waals surface area contributed by atoms with Gasteiger partial charge in [-0.3, -0.25) is 5.32 Å². The summed E-state index contributed by atoms with van der Waals surface area (Å²) in [4.78, 5) is 0. The molecular weight excluding hydrogens is 249 g/mol. The number of ether oxygens (including phenoxy) is 2. The van der Waals surface area contributed by atoms with Crippen molar-refractivity contribution in [3.8, 4) is 5.75 Å². The third-order valence-corrected chi connectivity index (χ3v) is 2.47. The molecular formula is C11H13F3N2O2. The Morgan fingerprint density at radius 1 is 1.33 bits per heavy atom. The van der Waals surface area contributed by atoms with Gasteiger partial charge in [0, 0.05) is 12.2 Å².